The molecule has 0 aromatic carbocycles. The zero-order valence-electron chi connectivity index (χ0n) is 7.50. The molecule has 0 bridgehead atoms. The highest BCUT2D eigenvalue weighted by Gasteiger charge is 2.13. The maximum Gasteiger partial charge on any atom is 0.138 e. The van der Waals surface area contributed by atoms with Crippen LogP contribution < -0.4 is 0 Å². The Morgan fingerprint density at radius 1 is 1.67 bits per heavy atom. The van der Waals surface area contributed by atoms with Crippen molar-refractivity contribution < 1.29 is 4.79 Å². The second-order valence-electron chi connectivity index (χ2n) is 3.10. The summed E-state index contributed by atoms with van der Waals surface area (Å²) in [5, 5.41) is 0. The van der Waals surface area contributed by atoms with Crippen LogP contribution in [0.25, 0.3) is 0 Å². The van der Waals surface area contributed by atoms with Crippen LogP contribution in [0, 0.1) is 5.92 Å². The van der Waals surface area contributed by atoms with Crippen molar-refractivity contribution in [1.29, 1.82) is 0 Å². The molecule has 0 aliphatic carbocycles. The van der Waals surface area contributed by atoms with E-state index < -0.39 is 0 Å². The van der Waals surface area contributed by atoms with E-state index in [-0.39, 0.29) is 11.7 Å². The summed E-state index contributed by atoms with van der Waals surface area (Å²) in [5.74, 6) is 0.156. The van der Waals surface area contributed by atoms with E-state index in [4.69, 9.17) is 0 Å². The quantitative estimate of drug-likeness (QED) is 0.613. The highest BCUT2D eigenvalue weighted by Crippen LogP contribution is 2.17. The second-order valence-corrected chi connectivity index (χ2v) is 3.10. The fraction of sp³-hybridized carbons (Fsp3) is 0.400. The molecule has 1 rings (SSSR count). The van der Waals surface area contributed by atoms with Gasteiger partial charge in [0.1, 0.15) is 5.78 Å². The number of carbonyl (C=O) groups is 1. The van der Waals surface area contributed by atoms with Gasteiger partial charge in [0.05, 0.1) is 11.6 Å². The van der Waals surface area contributed by atoms with Crippen LogP contribution >= 0.6 is 0 Å². The Kier molecular flexibility index (Phi) is 2.58. The minimum Gasteiger partial charge on any atom is -0.299 e. The van der Waals surface area contributed by atoms with Crippen LogP contribution in [-0.4, -0.2) is 12.0 Å². The number of Topliss-reactive ketones (excluding diaryl/α,β-unsaturated/α-hetero) is 1. The minimum absolute atomic E-state index is 0.0203. The fourth-order valence-electron chi connectivity index (χ4n) is 1.08. The topological polar surface area (TPSA) is 29.4 Å². The number of nitrogens with zero attached hydrogens (tertiary/aromatic N) is 1. The Bertz CT molecular complexity index is 274. The average Bonchev–Trinajstić information content (AvgIpc) is 2.04. The molecule has 1 unspecified atom stereocenters. The number of rotatable bonds is 2. The van der Waals surface area contributed by atoms with Crippen molar-refractivity contribution in [2.75, 3.05) is 0 Å². The van der Waals surface area contributed by atoms with E-state index in [1.54, 1.807) is 13.1 Å². The molecule has 0 saturated carbocycles. The molecule has 0 radical (unpaired) electrons. The van der Waals surface area contributed by atoms with Crippen LogP contribution in [0.3, 0.4) is 0 Å². The summed E-state index contributed by atoms with van der Waals surface area (Å²) in [4.78, 5) is 15.1. The van der Waals surface area contributed by atoms with Crippen molar-refractivity contribution in [2.45, 2.75) is 20.3 Å². The van der Waals surface area contributed by atoms with E-state index in [2.05, 4.69) is 11.6 Å². The number of allylic oxidation sites excluding steroid dienone is 2. The SMILES string of the molecule is C=C(C)C1=CCC(C(C)=O)C=N1. The van der Waals surface area contributed by atoms with Gasteiger partial charge in [-0.15, -0.1) is 0 Å². The zero-order valence-corrected chi connectivity index (χ0v) is 7.50. The molecule has 64 valence electrons. The van der Waals surface area contributed by atoms with Crippen LogP contribution in [0.5, 0.6) is 0 Å². The van der Waals surface area contributed by atoms with Crippen molar-refractivity contribution in [3.8, 4) is 0 Å². The summed E-state index contributed by atoms with van der Waals surface area (Å²) < 4.78 is 0. The van der Waals surface area contributed by atoms with E-state index in [1.165, 1.54) is 0 Å². The summed E-state index contributed by atoms with van der Waals surface area (Å²) in [6.07, 6.45) is 4.45. The van der Waals surface area contributed by atoms with Crippen molar-refractivity contribution in [1.82, 2.24) is 0 Å². The number of hydrogen-bond acceptors (Lipinski definition) is 2. The van der Waals surface area contributed by atoms with E-state index in [0.29, 0.717) is 0 Å². The molecular formula is C10H13NO. The Labute approximate surface area is 72.7 Å². The third-order valence-corrected chi connectivity index (χ3v) is 1.92. The van der Waals surface area contributed by atoms with Gasteiger partial charge < -0.3 is 0 Å². The first-order valence-corrected chi connectivity index (χ1v) is 4.02. The molecule has 1 heterocycles. The number of hydrogen-bond donors (Lipinski definition) is 0. The molecule has 0 amide bonds. The normalized spacial score (nSPS) is 21.8. The van der Waals surface area contributed by atoms with Gasteiger partial charge >= 0.3 is 0 Å². The second kappa shape index (κ2) is 3.48. The molecule has 12 heavy (non-hydrogen) atoms. The Morgan fingerprint density at radius 2 is 2.33 bits per heavy atom. The molecule has 2 nitrogen and oxygen atoms in total. The molecule has 0 aromatic heterocycles. The van der Waals surface area contributed by atoms with Gasteiger partial charge in [-0.25, -0.2) is 0 Å². The van der Waals surface area contributed by atoms with Crippen molar-refractivity contribution in [3.05, 3.63) is 23.9 Å². The van der Waals surface area contributed by atoms with Gasteiger partial charge in [-0.05, 0) is 25.8 Å². The number of carbonyl (C=O) groups excluding carboxylic acids is 1. The molecule has 0 fully saturated rings. The molecule has 1 aliphatic heterocycles. The minimum atomic E-state index is -0.0203. The summed E-state index contributed by atoms with van der Waals surface area (Å²) in [5.41, 5.74) is 1.86. The molecule has 1 aliphatic rings. The molecule has 2 heteroatoms. The van der Waals surface area contributed by atoms with Gasteiger partial charge in [-0.1, -0.05) is 12.7 Å². The predicted octanol–water partition coefficient (Wildman–Crippen LogP) is 2.13. The average molecular weight is 163 g/mol. The molecule has 1 atom stereocenters. The molecule has 0 saturated heterocycles. The summed E-state index contributed by atoms with van der Waals surface area (Å²) in [6.45, 7) is 7.29. The molecule has 0 N–H and O–H groups in total. The van der Waals surface area contributed by atoms with Gasteiger partial charge in [0.2, 0.25) is 0 Å². The summed E-state index contributed by atoms with van der Waals surface area (Å²) in [6, 6.07) is 0. The van der Waals surface area contributed by atoms with Gasteiger partial charge in [-0.3, -0.25) is 9.79 Å². The Morgan fingerprint density at radius 3 is 2.67 bits per heavy atom. The van der Waals surface area contributed by atoms with E-state index >= 15 is 0 Å². The van der Waals surface area contributed by atoms with Gasteiger partial charge in [0.25, 0.3) is 0 Å². The Balaban J connectivity index is 2.68. The first-order valence-electron chi connectivity index (χ1n) is 4.02. The van der Waals surface area contributed by atoms with Crippen LogP contribution in [0.2, 0.25) is 0 Å². The lowest BCUT2D eigenvalue weighted by Gasteiger charge is -2.11. The molecule has 0 aromatic rings. The fourth-order valence-corrected chi connectivity index (χ4v) is 1.08. The van der Waals surface area contributed by atoms with Crippen LogP contribution in [-0.2, 0) is 4.79 Å². The zero-order chi connectivity index (χ0) is 9.14. The highest BCUT2D eigenvalue weighted by molar-refractivity contribution is 5.94. The number of ketones is 1. The summed E-state index contributed by atoms with van der Waals surface area (Å²) in [7, 11) is 0. The summed E-state index contributed by atoms with van der Waals surface area (Å²) >= 11 is 0. The lowest BCUT2D eigenvalue weighted by atomic mass is 9.99. The van der Waals surface area contributed by atoms with E-state index in [1.807, 2.05) is 13.0 Å². The molecule has 0 spiro atoms. The predicted molar refractivity (Wildman–Crippen MR) is 50.2 cm³/mol. The van der Waals surface area contributed by atoms with Gasteiger partial charge in [0.15, 0.2) is 0 Å². The van der Waals surface area contributed by atoms with Crippen LogP contribution in [0.1, 0.15) is 20.3 Å². The maximum atomic E-state index is 10.9. The standard InChI is InChI=1S/C10H13NO/c1-7(2)10-5-4-9(6-11-10)8(3)12/h5-6,9H,1,4H2,2-3H3. The molecular weight excluding hydrogens is 150 g/mol. The van der Waals surface area contributed by atoms with E-state index in [9.17, 15) is 4.79 Å². The largest absolute Gasteiger partial charge is 0.299 e. The van der Waals surface area contributed by atoms with Crippen LogP contribution in [0.4, 0.5) is 0 Å². The lowest BCUT2D eigenvalue weighted by molar-refractivity contribution is -0.118. The lowest BCUT2D eigenvalue weighted by Crippen LogP contribution is -2.14. The van der Waals surface area contributed by atoms with Gasteiger partial charge in [0, 0.05) is 6.21 Å². The third kappa shape index (κ3) is 1.91. The van der Waals surface area contributed by atoms with Crippen molar-refractivity contribution in [3.63, 3.8) is 0 Å². The smallest absolute Gasteiger partial charge is 0.138 e. The monoisotopic (exact) mass is 163 g/mol. The Hall–Kier alpha value is -1.18. The van der Waals surface area contributed by atoms with E-state index in [0.717, 1.165) is 17.7 Å². The van der Waals surface area contributed by atoms with Crippen molar-refractivity contribution >= 4 is 12.0 Å². The van der Waals surface area contributed by atoms with Gasteiger partial charge in [-0.2, -0.15) is 0 Å². The van der Waals surface area contributed by atoms with Crippen molar-refractivity contribution in [2.24, 2.45) is 10.9 Å². The highest BCUT2D eigenvalue weighted by atomic mass is 16.1. The third-order valence-electron chi connectivity index (χ3n) is 1.92. The maximum absolute atomic E-state index is 10.9. The first-order chi connectivity index (χ1) is 5.61. The number of aliphatic imine (C=N–C) groups is 1. The first kappa shape index (κ1) is 8.91. The van der Waals surface area contributed by atoms with Crippen LogP contribution in [0.15, 0.2) is 28.9 Å².